The normalized spacial score (nSPS) is 20.4. The van der Waals surface area contributed by atoms with E-state index >= 15 is 0 Å². The zero-order chi connectivity index (χ0) is 13.2. The topological polar surface area (TPSA) is 56.8 Å². The van der Waals surface area contributed by atoms with Gasteiger partial charge in [0.05, 0.1) is 11.6 Å². The summed E-state index contributed by atoms with van der Waals surface area (Å²) in [6, 6.07) is 4.43. The van der Waals surface area contributed by atoms with Crippen LogP contribution in [0.3, 0.4) is 0 Å². The first-order chi connectivity index (χ1) is 9.24. The van der Waals surface area contributed by atoms with E-state index in [2.05, 4.69) is 26.3 Å². The van der Waals surface area contributed by atoms with Crippen molar-refractivity contribution in [1.82, 2.24) is 20.3 Å². The highest BCUT2D eigenvalue weighted by atomic mass is 15.2. The Morgan fingerprint density at radius 3 is 2.89 bits per heavy atom. The van der Waals surface area contributed by atoms with E-state index in [9.17, 15) is 0 Å². The second-order valence-corrected chi connectivity index (χ2v) is 5.41. The van der Waals surface area contributed by atoms with Crippen LogP contribution in [0.4, 0.5) is 5.82 Å². The van der Waals surface area contributed by atoms with Crippen LogP contribution in [0, 0.1) is 0 Å². The lowest BCUT2D eigenvalue weighted by Crippen LogP contribution is -2.21. The fraction of sp³-hybridized carbons (Fsp3) is 0.571. The first-order valence-electron chi connectivity index (χ1n) is 7.01. The van der Waals surface area contributed by atoms with Crippen molar-refractivity contribution in [2.75, 3.05) is 25.5 Å². The van der Waals surface area contributed by atoms with Crippen molar-refractivity contribution in [3.05, 3.63) is 18.0 Å². The van der Waals surface area contributed by atoms with Gasteiger partial charge in [-0.3, -0.25) is 0 Å². The molecule has 1 unspecified atom stereocenters. The molecule has 3 heterocycles. The molecule has 0 aromatic carbocycles. The van der Waals surface area contributed by atoms with Crippen LogP contribution in [0.2, 0.25) is 0 Å². The molecule has 0 saturated carbocycles. The van der Waals surface area contributed by atoms with Gasteiger partial charge in [-0.15, -0.1) is 0 Å². The fourth-order valence-corrected chi connectivity index (χ4v) is 2.58. The number of imidazole rings is 1. The highest BCUT2D eigenvalue weighted by molar-refractivity contribution is 5.73. The first-order valence-corrected chi connectivity index (χ1v) is 7.01. The molecule has 0 aliphatic carbocycles. The van der Waals surface area contributed by atoms with Crippen molar-refractivity contribution >= 4 is 17.0 Å². The maximum absolute atomic E-state index is 4.67. The van der Waals surface area contributed by atoms with Crippen LogP contribution < -0.4 is 10.2 Å². The molecule has 1 aliphatic heterocycles. The van der Waals surface area contributed by atoms with Crippen molar-refractivity contribution in [2.45, 2.75) is 31.7 Å². The van der Waals surface area contributed by atoms with Gasteiger partial charge in [0, 0.05) is 14.1 Å². The van der Waals surface area contributed by atoms with E-state index < -0.39 is 0 Å². The summed E-state index contributed by atoms with van der Waals surface area (Å²) in [6.07, 6.45) is 5.00. The third-order valence-electron chi connectivity index (χ3n) is 3.70. The Hall–Kier alpha value is -1.62. The van der Waals surface area contributed by atoms with Gasteiger partial charge in [0.25, 0.3) is 0 Å². The van der Waals surface area contributed by atoms with Crippen LogP contribution in [0.25, 0.3) is 11.2 Å². The maximum atomic E-state index is 4.67. The molecule has 0 bridgehead atoms. The molecule has 2 N–H and O–H groups in total. The molecule has 5 nitrogen and oxygen atoms in total. The van der Waals surface area contributed by atoms with Crippen molar-refractivity contribution in [3.8, 4) is 0 Å². The lowest BCUT2D eigenvalue weighted by Gasteiger charge is -2.11. The van der Waals surface area contributed by atoms with Crippen molar-refractivity contribution in [3.63, 3.8) is 0 Å². The monoisotopic (exact) mass is 259 g/mol. The Labute approximate surface area is 113 Å². The second kappa shape index (κ2) is 5.17. The summed E-state index contributed by atoms with van der Waals surface area (Å²) in [7, 11) is 3.99. The van der Waals surface area contributed by atoms with Crippen LogP contribution in [0.5, 0.6) is 0 Å². The average molecular weight is 259 g/mol. The summed E-state index contributed by atoms with van der Waals surface area (Å²) in [5.74, 6) is 1.97. The molecule has 5 heteroatoms. The molecule has 2 aromatic rings. The number of nitrogens with one attached hydrogen (secondary N) is 2. The van der Waals surface area contributed by atoms with Gasteiger partial charge in [-0.1, -0.05) is 12.8 Å². The van der Waals surface area contributed by atoms with Crippen molar-refractivity contribution < 1.29 is 0 Å². The number of hydrogen-bond donors (Lipinski definition) is 2. The smallest absolute Gasteiger partial charge is 0.179 e. The number of hydrogen-bond acceptors (Lipinski definition) is 4. The van der Waals surface area contributed by atoms with Crippen LogP contribution in [-0.2, 0) is 0 Å². The molecular weight excluding hydrogens is 238 g/mol. The quantitative estimate of drug-likeness (QED) is 0.868. The Balaban J connectivity index is 1.92. The lowest BCUT2D eigenvalue weighted by atomic mass is 10.1. The highest BCUT2D eigenvalue weighted by Crippen LogP contribution is 2.23. The molecule has 1 fully saturated rings. The zero-order valence-corrected chi connectivity index (χ0v) is 11.6. The number of aromatic nitrogens is 3. The molecule has 1 aliphatic rings. The van der Waals surface area contributed by atoms with Crippen LogP contribution in [0.1, 0.15) is 37.5 Å². The Morgan fingerprint density at radius 1 is 1.16 bits per heavy atom. The number of rotatable bonds is 2. The van der Waals surface area contributed by atoms with Gasteiger partial charge in [-0.25, -0.2) is 9.97 Å². The third-order valence-corrected chi connectivity index (χ3v) is 3.70. The Bertz CT molecular complexity index is 552. The van der Waals surface area contributed by atoms with Crippen molar-refractivity contribution in [1.29, 1.82) is 0 Å². The number of nitrogens with zero attached hydrogens (tertiary/aromatic N) is 3. The SMILES string of the molecule is CN(C)c1ccc2[nH]c(C3CCCCCN3)nc2n1. The summed E-state index contributed by atoms with van der Waals surface area (Å²) in [6.45, 7) is 1.08. The predicted molar refractivity (Wildman–Crippen MR) is 77.4 cm³/mol. The van der Waals surface area contributed by atoms with E-state index in [0.717, 1.165) is 35.8 Å². The molecule has 102 valence electrons. The van der Waals surface area contributed by atoms with Gasteiger partial charge in [0.2, 0.25) is 0 Å². The Morgan fingerprint density at radius 2 is 2.05 bits per heavy atom. The summed E-state index contributed by atoms with van der Waals surface area (Å²) in [5.41, 5.74) is 1.83. The standard InChI is InChI=1S/C14H21N5/c1-19(2)12-8-7-11-14(17-12)18-13(16-11)10-6-4-3-5-9-15-10/h7-8,10,15H,3-6,9H2,1-2H3,(H,16,17,18). The van der Waals surface area contributed by atoms with Crippen LogP contribution in [-0.4, -0.2) is 35.6 Å². The van der Waals surface area contributed by atoms with Gasteiger partial charge in [0.15, 0.2) is 5.65 Å². The minimum Gasteiger partial charge on any atom is -0.363 e. The molecule has 3 rings (SSSR count). The number of fused-ring (bicyclic) bond motifs is 1. The Kier molecular flexibility index (Phi) is 3.38. The van der Waals surface area contributed by atoms with E-state index in [1.807, 2.05) is 25.1 Å². The summed E-state index contributed by atoms with van der Waals surface area (Å²) in [5, 5.41) is 3.56. The van der Waals surface area contributed by atoms with E-state index in [1.165, 1.54) is 19.3 Å². The van der Waals surface area contributed by atoms with E-state index in [1.54, 1.807) is 0 Å². The average Bonchev–Trinajstić information content (AvgIpc) is 2.64. The van der Waals surface area contributed by atoms with E-state index in [4.69, 9.17) is 0 Å². The minimum atomic E-state index is 0.347. The van der Waals surface area contributed by atoms with Gasteiger partial charge in [0.1, 0.15) is 11.6 Å². The summed E-state index contributed by atoms with van der Waals surface area (Å²) >= 11 is 0. The molecule has 2 aromatic heterocycles. The number of anilines is 1. The number of aromatic amines is 1. The van der Waals surface area contributed by atoms with Crippen molar-refractivity contribution in [2.24, 2.45) is 0 Å². The van der Waals surface area contributed by atoms with Gasteiger partial charge in [-0.2, -0.15) is 0 Å². The fourth-order valence-electron chi connectivity index (χ4n) is 2.58. The van der Waals surface area contributed by atoms with Gasteiger partial charge in [-0.05, 0) is 31.5 Å². The van der Waals surface area contributed by atoms with Gasteiger partial charge < -0.3 is 15.2 Å². The molecule has 1 atom stereocenters. The molecular formula is C14H21N5. The molecule has 0 amide bonds. The lowest BCUT2D eigenvalue weighted by molar-refractivity contribution is 0.513. The third kappa shape index (κ3) is 2.56. The second-order valence-electron chi connectivity index (χ2n) is 5.41. The molecule has 0 spiro atoms. The molecule has 0 radical (unpaired) electrons. The van der Waals surface area contributed by atoms with E-state index in [-0.39, 0.29) is 0 Å². The number of H-pyrrole nitrogens is 1. The van der Waals surface area contributed by atoms with Gasteiger partial charge >= 0.3 is 0 Å². The predicted octanol–water partition coefficient (Wildman–Crippen LogP) is 2.23. The first kappa shape index (κ1) is 12.4. The largest absolute Gasteiger partial charge is 0.363 e. The highest BCUT2D eigenvalue weighted by Gasteiger charge is 2.17. The summed E-state index contributed by atoms with van der Waals surface area (Å²) < 4.78 is 0. The number of pyridine rings is 1. The molecule has 19 heavy (non-hydrogen) atoms. The summed E-state index contributed by atoms with van der Waals surface area (Å²) in [4.78, 5) is 14.6. The molecule has 1 saturated heterocycles. The van der Waals surface area contributed by atoms with Crippen LogP contribution >= 0.6 is 0 Å². The minimum absolute atomic E-state index is 0.347. The maximum Gasteiger partial charge on any atom is 0.179 e. The van der Waals surface area contributed by atoms with Crippen LogP contribution in [0.15, 0.2) is 12.1 Å². The zero-order valence-electron chi connectivity index (χ0n) is 11.6. The van der Waals surface area contributed by atoms with E-state index in [0.29, 0.717) is 6.04 Å².